The highest BCUT2D eigenvalue weighted by Gasteiger charge is 2.45. The van der Waals surface area contributed by atoms with Crippen LogP contribution in [-0.4, -0.2) is 30.0 Å². The molecule has 2 atom stereocenters. The van der Waals surface area contributed by atoms with Gasteiger partial charge >= 0.3 is 0 Å². The number of Topliss-reactive ketones (excluding diaryl/α,β-unsaturated/α-hetero) is 1. The van der Waals surface area contributed by atoms with Crippen LogP contribution in [0.2, 0.25) is 0 Å². The molecule has 0 radical (unpaired) electrons. The molecule has 0 amide bonds. The highest BCUT2D eigenvalue weighted by atomic mass is 19.1. The smallest absolute Gasteiger partial charge is 0.288 e. The Morgan fingerprint density at radius 2 is 2.23 bits per heavy atom. The second-order valence-electron chi connectivity index (χ2n) is 7.32. The lowest BCUT2D eigenvalue weighted by atomic mass is 9.77. The first kappa shape index (κ1) is 19.7. The van der Waals surface area contributed by atoms with Crippen LogP contribution in [0.4, 0.5) is 10.1 Å². The molecule has 0 saturated carbocycles. The van der Waals surface area contributed by atoms with Crippen molar-refractivity contribution >= 4 is 17.5 Å². The van der Waals surface area contributed by atoms with E-state index in [4.69, 9.17) is 21.8 Å². The van der Waals surface area contributed by atoms with Gasteiger partial charge in [0, 0.05) is 18.2 Å². The number of carbonyl (C=O) groups is 1. The molecule has 8 heteroatoms. The summed E-state index contributed by atoms with van der Waals surface area (Å²) in [6, 6.07) is 7.55. The van der Waals surface area contributed by atoms with Gasteiger partial charge in [0.2, 0.25) is 5.69 Å². The Balaban J connectivity index is 1.67. The third-order valence-electron chi connectivity index (χ3n) is 5.38. The molecule has 152 valence electrons. The third kappa shape index (κ3) is 3.55. The van der Waals surface area contributed by atoms with Crippen LogP contribution in [0.5, 0.6) is 0 Å². The minimum atomic E-state index is -1.03. The van der Waals surface area contributed by atoms with E-state index < -0.39 is 11.4 Å². The van der Waals surface area contributed by atoms with Crippen molar-refractivity contribution in [2.24, 2.45) is 16.6 Å². The Hall–Kier alpha value is -3.57. The van der Waals surface area contributed by atoms with E-state index in [1.54, 1.807) is 31.2 Å². The van der Waals surface area contributed by atoms with E-state index in [9.17, 15) is 9.18 Å². The number of ether oxygens (including phenoxy) is 2. The number of benzene rings is 1. The van der Waals surface area contributed by atoms with Crippen molar-refractivity contribution in [3.8, 4) is 0 Å². The van der Waals surface area contributed by atoms with E-state index >= 15 is 0 Å². The van der Waals surface area contributed by atoms with Gasteiger partial charge in [-0.3, -0.25) is 9.78 Å². The SMILES string of the molecule is [C-]#[N+]c1ccc(C(=O)Cc2ccc(F)c([C@@]3(C)N=C(N)OC4=CCOCC43)c2)nc1. The van der Waals surface area contributed by atoms with Gasteiger partial charge in [0.1, 0.15) is 22.8 Å². The number of nitrogens with zero attached hydrogens (tertiary/aromatic N) is 3. The van der Waals surface area contributed by atoms with Gasteiger partial charge in [0.25, 0.3) is 6.02 Å². The van der Waals surface area contributed by atoms with Gasteiger partial charge in [-0.25, -0.2) is 14.2 Å². The lowest BCUT2D eigenvalue weighted by Gasteiger charge is -2.40. The van der Waals surface area contributed by atoms with Crippen molar-refractivity contribution in [3.63, 3.8) is 0 Å². The predicted molar refractivity (Wildman–Crippen MR) is 107 cm³/mol. The molecule has 2 aliphatic rings. The first-order chi connectivity index (χ1) is 14.4. The molecule has 2 aromatic rings. The van der Waals surface area contributed by atoms with Gasteiger partial charge in [-0.1, -0.05) is 12.1 Å². The zero-order valence-electron chi connectivity index (χ0n) is 16.3. The third-order valence-corrected chi connectivity index (χ3v) is 5.38. The largest absolute Gasteiger partial charge is 0.431 e. The molecule has 7 nitrogen and oxygen atoms in total. The van der Waals surface area contributed by atoms with E-state index in [1.807, 2.05) is 0 Å². The first-order valence-corrected chi connectivity index (χ1v) is 9.37. The number of nitrogens with two attached hydrogens (primary N) is 1. The van der Waals surface area contributed by atoms with Crippen molar-refractivity contribution in [3.05, 3.63) is 82.4 Å². The number of amidine groups is 1. The number of hydrogen-bond donors (Lipinski definition) is 1. The van der Waals surface area contributed by atoms with E-state index in [-0.39, 0.29) is 29.8 Å². The summed E-state index contributed by atoms with van der Waals surface area (Å²) in [5.41, 5.74) is 6.37. The number of carbonyl (C=O) groups excluding carboxylic acids is 1. The van der Waals surface area contributed by atoms with Crippen molar-refractivity contribution < 1.29 is 18.7 Å². The summed E-state index contributed by atoms with van der Waals surface area (Å²) in [5.74, 6) is -0.398. The molecule has 0 spiro atoms. The number of fused-ring (bicyclic) bond motifs is 1. The summed E-state index contributed by atoms with van der Waals surface area (Å²) < 4.78 is 25.9. The topological polar surface area (TPSA) is 91.2 Å². The lowest BCUT2D eigenvalue weighted by Crippen LogP contribution is -2.44. The Morgan fingerprint density at radius 1 is 1.40 bits per heavy atom. The van der Waals surface area contributed by atoms with Crippen LogP contribution in [0.1, 0.15) is 28.5 Å². The quantitative estimate of drug-likeness (QED) is 0.622. The molecule has 0 bridgehead atoms. The van der Waals surface area contributed by atoms with Crippen LogP contribution in [0.3, 0.4) is 0 Å². The predicted octanol–water partition coefficient (Wildman–Crippen LogP) is 3.29. The highest BCUT2D eigenvalue weighted by Crippen LogP contribution is 2.43. The van der Waals surface area contributed by atoms with Crippen molar-refractivity contribution in [1.29, 1.82) is 0 Å². The number of ketones is 1. The van der Waals surface area contributed by atoms with Crippen LogP contribution in [0, 0.1) is 18.3 Å². The van der Waals surface area contributed by atoms with E-state index in [2.05, 4.69) is 14.8 Å². The molecule has 1 unspecified atom stereocenters. The number of aromatic nitrogens is 1. The van der Waals surface area contributed by atoms with Crippen LogP contribution < -0.4 is 5.73 Å². The molecule has 0 saturated heterocycles. The molecular formula is C22H19FN4O3. The van der Waals surface area contributed by atoms with Crippen molar-refractivity contribution in [2.75, 3.05) is 13.2 Å². The van der Waals surface area contributed by atoms with Gasteiger partial charge in [-0.15, -0.1) is 0 Å². The lowest BCUT2D eigenvalue weighted by molar-refractivity contribution is 0.0531. The zero-order chi connectivity index (χ0) is 21.3. The fourth-order valence-electron chi connectivity index (χ4n) is 3.77. The van der Waals surface area contributed by atoms with Crippen LogP contribution >= 0.6 is 0 Å². The standard InChI is InChI=1S/C22H19FN4O3/c1-22(16-12-29-8-7-20(16)30-21(24)27-22)15-9-13(3-5-17(15)23)10-19(28)18-6-4-14(25-2)11-26-18/h3-7,9,11,16H,8,10,12H2,1H3,(H2,24,27)/t16?,22-/m1/s1. The van der Waals surface area contributed by atoms with Crippen molar-refractivity contribution in [2.45, 2.75) is 18.9 Å². The van der Waals surface area contributed by atoms with Gasteiger partial charge in [0.15, 0.2) is 5.78 Å². The summed E-state index contributed by atoms with van der Waals surface area (Å²) in [6.45, 7) is 9.46. The van der Waals surface area contributed by atoms with Crippen LogP contribution in [0.15, 0.2) is 53.4 Å². The summed E-state index contributed by atoms with van der Waals surface area (Å²) in [4.78, 5) is 24.3. The molecule has 2 N–H and O–H groups in total. The normalized spacial score (nSPS) is 22.8. The molecule has 4 rings (SSSR count). The number of aliphatic imine (C=N–C) groups is 1. The van der Waals surface area contributed by atoms with E-state index in [0.717, 1.165) is 0 Å². The molecule has 3 heterocycles. The van der Waals surface area contributed by atoms with Gasteiger partial charge in [-0.05, 0) is 36.8 Å². The number of hydrogen-bond acceptors (Lipinski definition) is 6. The maximum absolute atomic E-state index is 14.9. The van der Waals surface area contributed by atoms with Crippen LogP contribution in [0.25, 0.3) is 4.85 Å². The van der Waals surface area contributed by atoms with Crippen molar-refractivity contribution in [1.82, 2.24) is 4.98 Å². The van der Waals surface area contributed by atoms with Gasteiger partial charge < -0.3 is 15.2 Å². The molecule has 1 aromatic heterocycles. The summed E-state index contributed by atoms with van der Waals surface area (Å²) >= 11 is 0. The molecule has 30 heavy (non-hydrogen) atoms. The summed E-state index contributed by atoms with van der Waals surface area (Å²) in [6.07, 6.45) is 3.17. The molecule has 0 aliphatic carbocycles. The maximum Gasteiger partial charge on any atom is 0.288 e. The summed E-state index contributed by atoms with van der Waals surface area (Å²) in [5, 5.41) is 0. The average Bonchev–Trinajstić information content (AvgIpc) is 2.75. The van der Waals surface area contributed by atoms with Gasteiger partial charge in [-0.2, -0.15) is 0 Å². The Bertz CT molecular complexity index is 1100. The average molecular weight is 406 g/mol. The van der Waals surface area contributed by atoms with Gasteiger partial charge in [0.05, 0.1) is 25.7 Å². The fourth-order valence-corrected chi connectivity index (χ4v) is 3.77. The Labute approximate surface area is 172 Å². The zero-order valence-corrected chi connectivity index (χ0v) is 16.3. The van der Waals surface area contributed by atoms with Crippen LogP contribution in [-0.2, 0) is 21.4 Å². The molecule has 0 fully saturated rings. The monoisotopic (exact) mass is 406 g/mol. The second kappa shape index (κ2) is 7.69. The maximum atomic E-state index is 14.9. The van der Waals surface area contributed by atoms with E-state index in [1.165, 1.54) is 18.3 Å². The molecule has 1 aromatic carbocycles. The number of halogens is 1. The minimum Gasteiger partial charge on any atom is -0.431 e. The molecule has 2 aliphatic heterocycles. The van der Waals surface area contributed by atoms with E-state index in [0.29, 0.717) is 35.8 Å². The number of pyridine rings is 1. The molecular weight excluding hydrogens is 387 g/mol. The Kier molecular flexibility index (Phi) is 5.06. The number of rotatable bonds is 4. The fraction of sp³-hybridized carbons (Fsp3) is 0.273. The second-order valence-corrected chi connectivity index (χ2v) is 7.32. The first-order valence-electron chi connectivity index (χ1n) is 9.37. The summed E-state index contributed by atoms with van der Waals surface area (Å²) in [7, 11) is 0. The Morgan fingerprint density at radius 3 is 2.97 bits per heavy atom. The minimum absolute atomic E-state index is 0.0350. The highest BCUT2D eigenvalue weighted by molar-refractivity contribution is 5.96.